The van der Waals surface area contributed by atoms with Crippen LogP contribution < -0.4 is 0 Å². The largest absolute Gasteiger partial charge is 0.460 e. The third-order valence-corrected chi connectivity index (χ3v) is 6.96. The number of likely N-dealkylation sites (tertiary alicyclic amines) is 1. The fourth-order valence-electron chi connectivity index (χ4n) is 6.32. The third-order valence-electron chi connectivity index (χ3n) is 6.96. The predicted molar refractivity (Wildman–Crippen MR) is 72.4 cm³/mol. The first kappa shape index (κ1) is 12.2. The number of hydrogen-bond acceptors (Lipinski definition) is 3. The topological polar surface area (TPSA) is 29.5 Å². The summed E-state index contributed by atoms with van der Waals surface area (Å²) in [6, 6.07) is 0.458. The van der Waals surface area contributed by atoms with Crippen LogP contribution in [0.4, 0.5) is 0 Å². The van der Waals surface area contributed by atoms with Crippen molar-refractivity contribution in [2.75, 3.05) is 13.6 Å². The Kier molecular flexibility index (Phi) is 2.27. The maximum atomic E-state index is 12.4. The highest BCUT2D eigenvalue weighted by molar-refractivity contribution is 5.77. The molecule has 3 heteroatoms. The van der Waals surface area contributed by atoms with Crippen molar-refractivity contribution >= 4 is 5.97 Å². The minimum atomic E-state index is 0.110. The van der Waals surface area contributed by atoms with E-state index in [9.17, 15) is 4.79 Å². The van der Waals surface area contributed by atoms with Crippen LogP contribution in [0.25, 0.3) is 0 Å². The highest BCUT2D eigenvalue weighted by atomic mass is 16.6. The predicted octanol–water partition coefficient (Wildman–Crippen LogP) is 2.16. The van der Waals surface area contributed by atoms with Crippen LogP contribution in [0.15, 0.2) is 0 Å². The molecule has 2 saturated heterocycles. The van der Waals surface area contributed by atoms with Gasteiger partial charge in [0.15, 0.2) is 0 Å². The van der Waals surface area contributed by atoms with Crippen molar-refractivity contribution in [1.82, 2.24) is 4.90 Å². The quantitative estimate of drug-likeness (QED) is 0.679. The molecule has 4 rings (SSSR count). The lowest BCUT2D eigenvalue weighted by molar-refractivity contribution is -0.145. The number of esters is 1. The van der Waals surface area contributed by atoms with Crippen molar-refractivity contribution in [1.29, 1.82) is 0 Å². The van der Waals surface area contributed by atoms with Crippen LogP contribution in [0.5, 0.6) is 0 Å². The van der Waals surface area contributed by atoms with Crippen LogP contribution in [0, 0.1) is 35.0 Å². The molecule has 19 heavy (non-hydrogen) atoms. The zero-order valence-corrected chi connectivity index (χ0v) is 12.4. The van der Waals surface area contributed by atoms with Crippen molar-refractivity contribution in [3.05, 3.63) is 0 Å². The molecule has 0 radical (unpaired) electrons. The summed E-state index contributed by atoms with van der Waals surface area (Å²) in [6.45, 7) is 8.17. The van der Waals surface area contributed by atoms with Crippen molar-refractivity contribution in [2.45, 2.75) is 45.8 Å². The van der Waals surface area contributed by atoms with Gasteiger partial charge >= 0.3 is 5.97 Å². The van der Waals surface area contributed by atoms with Gasteiger partial charge in [0, 0.05) is 12.5 Å². The Morgan fingerprint density at radius 2 is 2.11 bits per heavy atom. The van der Waals surface area contributed by atoms with Gasteiger partial charge < -0.3 is 4.74 Å². The summed E-state index contributed by atoms with van der Waals surface area (Å²) < 4.78 is 5.88. The van der Waals surface area contributed by atoms with E-state index in [1.165, 1.54) is 19.4 Å². The van der Waals surface area contributed by atoms with Crippen LogP contribution >= 0.6 is 0 Å². The van der Waals surface area contributed by atoms with Gasteiger partial charge in [0.25, 0.3) is 0 Å². The summed E-state index contributed by atoms with van der Waals surface area (Å²) in [6.07, 6.45) is 2.69. The van der Waals surface area contributed by atoms with Gasteiger partial charge in [-0.25, -0.2) is 0 Å². The van der Waals surface area contributed by atoms with Gasteiger partial charge in [0.2, 0.25) is 0 Å². The molecule has 0 aromatic carbocycles. The summed E-state index contributed by atoms with van der Waals surface area (Å²) in [5.74, 6) is 2.61. The van der Waals surface area contributed by atoms with E-state index >= 15 is 0 Å². The monoisotopic (exact) mass is 263 g/mol. The fraction of sp³-hybridized carbons (Fsp3) is 0.938. The first-order chi connectivity index (χ1) is 8.96. The number of hydrogen-bond donors (Lipinski definition) is 0. The molecule has 2 saturated carbocycles. The molecule has 0 N–H and O–H groups in total. The van der Waals surface area contributed by atoms with E-state index in [1.807, 2.05) is 0 Å². The zero-order valence-electron chi connectivity index (χ0n) is 12.4. The normalized spacial score (nSPS) is 55.7. The summed E-state index contributed by atoms with van der Waals surface area (Å²) in [5.41, 5.74) is 0.321. The smallest absolute Gasteiger partial charge is 0.310 e. The van der Waals surface area contributed by atoms with E-state index in [4.69, 9.17) is 4.74 Å². The summed E-state index contributed by atoms with van der Waals surface area (Å²) in [5, 5.41) is 0. The molecule has 0 aromatic rings. The average Bonchev–Trinajstić information content (AvgIpc) is 2.86. The number of carbonyl (C=O) groups is 1. The van der Waals surface area contributed by atoms with Gasteiger partial charge in [-0.2, -0.15) is 0 Å². The van der Waals surface area contributed by atoms with E-state index in [0.717, 1.165) is 5.92 Å². The Morgan fingerprint density at radius 1 is 1.37 bits per heavy atom. The van der Waals surface area contributed by atoms with E-state index in [-0.39, 0.29) is 18.0 Å². The van der Waals surface area contributed by atoms with Crippen molar-refractivity contribution in [3.8, 4) is 0 Å². The molecule has 0 aromatic heterocycles. The lowest BCUT2D eigenvalue weighted by atomic mass is 9.55. The molecule has 0 spiro atoms. The minimum Gasteiger partial charge on any atom is -0.460 e. The molecule has 2 aliphatic heterocycles. The Labute approximate surface area is 115 Å². The molecule has 2 heterocycles. The van der Waals surface area contributed by atoms with Gasteiger partial charge in [0.05, 0.1) is 12.0 Å². The number of fused-ring (bicyclic) bond motifs is 4. The first-order valence-electron chi connectivity index (χ1n) is 7.87. The summed E-state index contributed by atoms with van der Waals surface area (Å²) >= 11 is 0. The van der Waals surface area contributed by atoms with Crippen molar-refractivity contribution < 1.29 is 9.53 Å². The molecule has 4 aliphatic rings. The second-order valence-corrected chi connectivity index (χ2v) is 7.88. The minimum absolute atomic E-state index is 0.110. The average molecular weight is 263 g/mol. The second-order valence-electron chi connectivity index (χ2n) is 7.88. The van der Waals surface area contributed by atoms with Crippen LogP contribution in [0.3, 0.4) is 0 Å². The van der Waals surface area contributed by atoms with Gasteiger partial charge in [-0.15, -0.1) is 0 Å². The Morgan fingerprint density at radius 3 is 2.79 bits per heavy atom. The number of carbonyl (C=O) groups excluding carboxylic acids is 1. The molecular weight excluding hydrogens is 238 g/mol. The van der Waals surface area contributed by atoms with Crippen molar-refractivity contribution in [3.63, 3.8) is 0 Å². The molecule has 2 bridgehead atoms. The second kappa shape index (κ2) is 3.55. The SMILES string of the molecule is CC(C)C1[C@H]2OC(=O)[C@@H]1C1CCC3CN(C)C2C31C. The number of rotatable bonds is 1. The van der Waals surface area contributed by atoms with Crippen LogP contribution in [0.2, 0.25) is 0 Å². The molecule has 2 aliphatic carbocycles. The van der Waals surface area contributed by atoms with E-state index in [1.54, 1.807) is 0 Å². The Bertz CT molecular complexity index is 434. The zero-order chi connectivity index (χ0) is 13.5. The lowest BCUT2D eigenvalue weighted by Gasteiger charge is -2.49. The molecule has 106 valence electrons. The number of nitrogens with zero attached hydrogens (tertiary/aromatic N) is 1. The molecule has 4 fully saturated rings. The van der Waals surface area contributed by atoms with E-state index in [0.29, 0.717) is 29.2 Å². The standard InChI is InChI=1S/C16H25NO2/c1-8(2)11-12-10-6-5-9-7-17(4)14(16(9,10)3)13(11)19-15(12)18/h8-14H,5-7H2,1-4H3/t9?,10?,11?,12-,13-,14?,16?/m1/s1. The number of ether oxygens (including phenoxy) is 1. The van der Waals surface area contributed by atoms with Gasteiger partial charge in [-0.1, -0.05) is 20.8 Å². The van der Waals surface area contributed by atoms with Crippen LogP contribution in [-0.4, -0.2) is 36.6 Å². The Balaban J connectivity index is 1.85. The van der Waals surface area contributed by atoms with Gasteiger partial charge in [-0.3, -0.25) is 9.69 Å². The van der Waals surface area contributed by atoms with Crippen LogP contribution in [-0.2, 0) is 9.53 Å². The Hall–Kier alpha value is -0.570. The van der Waals surface area contributed by atoms with Crippen molar-refractivity contribution in [2.24, 2.45) is 35.0 Å². The molecule has 7 atom stereocenters. The molecule has 3 nitrogen and oxygen atoms in total. The molecular formula is C16H25NO2. The molecule has 5 unspecified atom stereocenters. The van der Waals surface area contributed by atoms with Gasteiger partial charge in [-0.05, 0) is 43.1 Å². The summed E-state index contributed by atoms with van der Waals surface area (Å²) in [4.78, 5) is 14.9. The maximum absolute atomic E-state index is 12.4. The molecule has 0 amide bonds. The third kappa shape index (κ3) is 1.22. The summed E-state index contributed by atoms with van der Waals surface area (Å²) in [7, 11) is 2.23. The first-order valence-corrected chi connectivity index (χ1v) is 7.87. The lowest BCUT2D eigenvalue weighted by Crippen LogP contribution is -2.57. The van der Waals surface area contributed by atoms with E-state index < -0.39 is 0 Å². The highest BCUT2D eigenvalue weighted by Crippen LogP contribution is 2.66. The number of likely N-dealkylation sites (N-methyl/N-ethyl adjacent to an activating group) is 1. The van der Waals surface area contributed by atoms with Gasteiger partial charge in [0.1, 0.15) is 6.10 Å². The van der Waals surface area contributed by atoms with E-state index in [2.05, 4.69) is 32.7 Å². The fourth-order valence-corrected chi connectivity index (χ4v) is 6.32. The maximum Gasteiger partial charge on any atom is 0.310 e. The van der Waals surface area contributed by atoms with Crippen LogP contribution in [0.1, 0.15) is 33.6 Å². The highest BCUT2D eigenvalue weighted by Gasteiger charge is 2.71.